The Morgan fingerprint density at radius 3 is 1.92 bits per heavy atom. The van der Waals surface area contributed by atoms with Crippen LogP contribution >= 0.6 is 22.7 Å². The van der Waals surface area contributed by atoms with Crippen LogP contribution in [0.5, 0.6) is 0 Å². The zero-order valence-corrected chi connectivity index (χ0v) is 13.7. The van der Waals surface area contributed by atoms with Crippen molar-refractivity contribution in [1.29, 1.82) is 0 Å². The van der Waals surface area contributed by atoms with Crippen LogP contribution in [0.2, 0.25) is 0 Å². The van der Waals surface area contributed by atoms with Crippen molar-refractivity contribution in [2.45, 2.75) is 10.4 Å². The molecule has 0 atom stereocenters. The summed E-state index contributed by atoms with van der Waals surface area (Å²) >= 11 is 0.370. The van der Waals surface area contributed by atoms with Crippen LogP contribution < -0.4 is 9.03 Å². The van der Waals surface area contributed by atoms with Gasteiger partial charge in [0.05, 0.1) is 5.69 Å². The van der Waals surface area contributed by atoms with E-state index in [1.807, 2.05) is 0 Å². The predicted molar refractivity (Wildman–Crippen MR) is 84.1 cm³/mol. The van der Waals surface area contributed by atoms with Gasteiger partial charge in [-0.1, -0.05) is 0 Å². The second-order valence-electron chi connectivity index (χ2n) is 4.02. The Hall–Kier alpha value is -1.57. The number of amides is 2. The number of carbonyl (C=O) groups excluding carboxylic acids is 2. The maximum atomic E-state index is 12.3. The Morgan fingerprint density at radius 2 is 1.50 bits per heavy atom. The molecule has 1 aromatic carbocycles. The number of benzene rings is 1. The summed E-state index contributed by atoms with van der Waals surface area (Å²) in [5.41, 5.74) is -4.92. The van der Waals surface area contributed by atoms with Gasteiger partial charge in [0.2, 0.25) is 0 Å². The van der Waals surface area contributed by atoms with Gasteiger partial charge in [-0.05, 0) is 47.0 Å². The van der Waals surface area contributed by atoms with Gasteiger partial charge in [0, 0.05) is 24.2 Å². The van der Waals surface area contributed by atoms with Gasteiger partial charge < -0.3 is 5.11 Å². The summed E-state index contributed by atoms with van der Waals surface area (Å²) in [6.07, 6.45) is 2.20. The lowest BCUT2D eigenvalue weighted by Crippen LogP contribution is -2.29. The van der Waals surface area contributed by atoms with Crippen LogP contribution in [0, 0.1) is 0 Å². The maximum absolute atomic E-state index is 12.3. The molecule has 0 saturated heterocycles. The number of hydrogen-bond donors (Lipinski definition) is 4. The second-order valence-corrected chi connectivity index (χ2v) is 6.92. The van der Waals surface area contributed by atoms with Gasteiger partial charge >= 0.3 is 5.51 Å². The fraction of sp³-hybridized carbons (Fsp3) is 0.167. The molecular weight excluding hydrogens is 373 g/mol. The average Bonchev–Trinajstić information content (AvgIpc) is 2.86. The standard InChI is InChI=1S/C11H9F3N2O4S2.CH4O/c12-11(13,14)22(19,20)15-21-8-3-1-7(2-4-8)16-9(17)5-6-10(16)18;1-2/h1-6,15,19-20H;2H,1H3. The van der Waals surface area contributed by atoms with Gasteiger partial charge in [-0.25, -0.2) is 4.90 Å². The fourth-order valence-corrected chi connectivity index (χ4v) is 2.97. The van der Waals surface area contributed by atoms with E-state index in [4.69, 9.17) is 14.2 Å². The van der Waals surface area contributed by atoms with E-state index in [1.165, 1.54) is 24.3 Å². The summed E-state index contributed by atoms with van der Waals surface area (Å²) in [7, 11) is -3.95. The molecule has 0 fully saturated rings. The molecule has 0 aromatic heterocycles. The minimum atomic E-state index is -5.18. The summed E-state index contributed by atoms with van der Waals surface area (Å²) in [5, 5.41) is 7.00. The highest BCUT2D eigenvalue weighted by atomic mass is 32.3. The molecule has 0 radical (unpaired) electrons. The first kappa shape index (κ1) is 20.5. The molecule has 1 aliphatic heterocycles. The number of hydrogen-bond acceptors (Lipinski definition) is 7. The molecule has 0 spiro atoms. The molecule has 1 heterocycles. The van der Waals surface area contributed by atoms with E-state index in [-0.39, 0.29) is 10.6 Å². The van der Waals surface area contributed by atoms with Crippen LogP contribution in [-0.2, 0) is 9.59 Å². The molecule has 0 saturated carbocycles. The molecule has 1 aromatic rings. The summed E-state index contributed by atoms with van der Waals surface area (Å²) in [5.74, 6) is -1.04. The molecule has 0 unspecified atom stereocenters. The number of halogens is 3. The number of anilines is 1. The van der Waals surface area contributed by atoms with Crippen molar-refractivity contribution in [3.8, 4) is 0 Å². The zero-order valence-electron chi connectivity index (χ0n) is 12.0. The van der Waals surface area contributed by atoms with E-state index in [0.717, 1.165) is 24.2 Å². The Kier molecular flexibility index (Phi) is 6.83. The van der Waals surface area contributed by atoms with Crippen molar-refractivity contribution in [3.63, 3.8) is 0 Å². The molecule has 7 nitrogen and oxygen atoms in total. The lowest BCUT2D eigenvalue weighted by atomic mass is 10.3. The number of carbonyl (C=O) groups is 2. The van der Waals surface area contributed by atoms with Crippen LogP contribution in [0.3, 0.4) is 0 Å². The third-order valence-electron chi connectivity index (χ3n) is 2.50. The van der Waals surface area contributed by atoms with Gasteiger partial charge in [-0.3, -0.25) is 18.7 Å². The quantitative estimate of drug-likeness (QED) is 0.465. The number of alkyl halides is 3. The van der Waals surface area contributed by atoms with Gasteiger partial charge in [0.1, 0.15) is 0 Å². The van der Waals surface area contributed by atoms with E-state index in [0.29, 0.717) is 11.9 Å². The van der Waals surface area contributed by atoms with Crippen molar-refractivity contribution < 1.29 is 37.0 Å². The molecule has 0 aliphatic carbocycles. The molecule has 0 bridgehead atoms. The number of nitrogens with one attached hydrogen (secondary N) is 1. The zero-order chi connectivity index (χ0) is 18.5. The summed E-state index contributed by atoms with van der Waals surface area (Å²) < 4.78 is 56.1. The molecule has 12 heteroatoms. The van der Waals surface area contributed by atoms with Crippen molar-refractivity contribution in [1.82, 2.24) is 4.13 Å². The van der Waals surface area contributed by atoms with Gasteiger partial charge in [0.25, 0.3) is 11.8 Å². The number of imide groups is 1. The van der Waals surface area contributed by atoms with E-state index < -0.39 is 28.1 Å². The first-order valence-corrected chi connectivity index (χ1v) is 8.37. The highest BCUT2D eigenvalue weighted by molar-refractivity contribution is 8.29. The normalized spacial score (nSPS) is 15.4. The van der Waals surface area contributed by atoms with Crippen molar-refractivity contribution in [2.75, 3.05) is 12.0 Å². The molecule has 134 valence electrons. The minimum Gasteiger partial charge on any atom is -0.400 e. The highest BCUT2D eigenvalue weighted by Gasteiger charge is 2.46. The third kappa shape index (κ3) is 4.72. The average molecular weight is 386 g/mol. The minimum absolute atomic E-state index is 0.236. The van der Waals surface area contributed by atoms with E-state index in [2.05, 4.69) is 0 Å². The monoisotopic (exact) mass is 386 g/mol. The molecule has 2 rings (SSSR count). The Bertz CT molecular complexity index is 617. The number of nitrogens with zero attached hydrogens (tertiary/aromatic N) is 1. The van der Waals surface area contributed by atoms with Crippen LogP contribution in [-0.4, -0.2) is 38.6 Å². The molecule has 2 amide bonds. The molecule has 1 aliphatic rings. The Labute approximate surface area is 140 Å². The molecular formula is C12H13F3N2O5S2. The first-order chi connectivity index (χ1) is 11.1. The van der Waals surface area contributed by atoms with Crippen LogP contribution in [0.25, 0.3) is 0 Å². The summed E-state index contributed by atoms with van der Waals surface area (Å²) in [4.78, 5) is 24.0. The summed E-state index contributed by atoms with van der Waals surface area (Å²) in [6, 6.07) is 5.37. The predicted octanol–water partition coefficient (Wildman–Crippen LogP) is 2.51. The van der Waals surface area contributed by atoms with E-state index in [9.17, 15) is 22.8 Å². The number of aliphatic hydroxyl groups excluding tert-OH is 1. The van der Waals surface area contributed by atoms with E-state index >= 15 is 0 Å². The Morgan fingerprint density at radius 1 is 1.04 bits per heavy atom. The van der Waals surface area contributed by atoms with Gasteiger partial charge in [0.15, 0.2) is 0 Å². The van der Waals surface area contributed by atoms with Gasteiger partial charge in [-0.15, -0.1) is 0 Å². The van der Waals surface area contributed by atoms with Crippen molar-refractivity contribution in [3.05, 3.63) is 36.4 Å². The third-order valence-corrected chi connectivity index (χ3v) is 4.92. The van der Waals surface area contributed by atoms with Crippen molar-refractivity contribution >= 4 is 40.2 Å². The maximum Gasteiger partial charge on any atom is 0.510 e. The van der Waals surface area contributed by atoms with Crippen molar-refractivity contribution in [2.24, 2.45) is 0 Å². The Balaban J connectivity index is 0.00000139. The van der Waals surface area contributed by atoms with Crippen LogP contribution in [0.15, 0.2) is 41.3 Å². The lowest BCUT2D eigenvalue weighted by Gasteiger charge is -2.33. The smallest absolute Gasteiger partial charge is 0.400 e. The SMILES string of the molecule is CO.O=C1C=CC(=O)N1c1ccc(SNS(O)(O)C(F)(F)F)cc1. The van der Waals surface area contributed by atoms with E-state index in [1.54, 1.807) is 4.13 Å². The topological polar surface area (TPSA) is 110 Å². The number of rotatable bonds is 4. The number of aliphatic hydroxyl groups is 1. The molecule has 4 N–H and O–H groups in total. The van der Waals surface area contributed by atoms with Gasteiger partial charge in [-0.2, -0.15) is 17.3 Å². The molecule has 24 heavy (non-hydrogen) atoms. The van der Waals surface area contributed by atoms with Crippen LogP contribution in [0.4, 0.5) is 18.9 Å². The highest BCUT2D eigenvalue weighted by Crippen LogP contribution is 2.53. The lowest BCUT2D eigenvalue weighted by molar-refractivity contribution is -0.120. The second kappa shape index (κ2) is 8.00. The summed E-state index contributed by atoms with van der Waals surface area (Å²) in [6.45, 7) is 0. The fourth-order valence-electron chi connectivity index (χ4n) is 1.47. The first-order valence-electron chi connectivity index (χ1n) is 6.01. The largest absolute Gasteiger partial charge is 0.510 e. The van der Waals surface area contributed by atoms with Crippen LogP contribution in [0.1, 0.15) is 0 Å².